The molecule has 0 saturated heterocycles. The van der Waals surface area contributed by atoms with Gasteiger partial charge in [-0.3, -0.25) is 4.98 Å². The van der Waals surface area contributed by atoms with Crippen LogP contribution in [0.15, 0.2) is 53.9 Å². The topological polar surface area (TPSA) is 76.7 Å². The maximum Gasteiger partial charge on any atom is 0.182 e. The van der Waals surface area contributed by atoms with Crippen LogP contribution in [0.3, 0.4) is 0 Å². The average Bonchev–Trinajstić information content (AvgIpc) is 2.98. The van der Waals surface area contributed by atoms with Crippen LogP contribution in [-0.4, -0.2) is 36.4 Å². The summed E-state index contributed by atoms with van der Waals surface area (Å²) < 4.78 is 1.73. The molecule has 7 heteroatoms. The molecule has 0 radical (unpaired) electrons. The van der Waals surface area contributed by atoms with E-state index in [1.54, 1.807) is 35.0 Å². The molecule has 0 fully saturated rings. The molecule has 0 amide bonds. The fourth-order valence-corrected chi connectivity index (χ4v) is 2.74. The molecule has 0 aliphatic rings. The highest BCUT2D eigenvalue weighted by molar-refractivity contribution is 7.98. The van der Waals surface area contributed by atoms with E-state index in [0.717, 1.165) is 16.4 Å². The summed E-state index contributed by atoms with van der Waals surface area (Å²) in [6.07, 6.45) is 5.21. The number of hydrogen-bond acceptors (Lipinski definition) is 6. The Labute approximate surface area is 132 Å². The van der Waals surface area contributed by atoms with Crippen molar-refractivity contribution in [2.75, 3.05) is 6.61 Å². The molecule has 22 heavy (non-hydrogen) atoms. The van der Waals surface area contributed by atoms with Crippen LogP contribution in [0.1, 0.15) is 5.82 Å². The van der Waals surface area contributed by atoms with Crippen LogP contribution in [0.25, 0.3) is 11.4 Å². The van der Waals surface area contributed by atoms with E-state index in [2.05, 4.69) is 20.1 Å². The normalized spacial score (nSPS) is 10.8. The molecule has 0 saturated carbocycles. The van der Waals surface area contributed by atoms with Crippen LogP contribution < -0.4 is 0 Å². The summed E-state index contributed by atoms with van der Waals surface area (Å²) in [5, 5.41) is 14.6. The third-order valence-electron chi connectivity index (χ3n) is 2.97. The average molecular weight is 313 g/mol. The van der Waals surface area contributed by atoms with Gasteiger partial charge in [-0.1, -0.05) is 17.8 Å². The van der Waals surface area contributed by atoms with Gasteiger partial charge >= 0.3 is 0 Å². The molecule has 0 atom stereocenters. The summed E-state index contributed by atoms with van der Waals surface area (Å²) >= 11 is 1.59. The Morgan fingerprint density at radius 1 is 1.14 bits per heavy atom. The number of rotatable bonds is 6. The van der Waals surface area contributed by atoms with Crippen molar-refractivity contribution in [1.29, 1.82) is 0 Å². The van der Waals surface area contributed by atoms with Crippen LogP contribution in [0.5, 0.6) is 0 Å². The largest absolute Gasteiger partial charge is 0.394 e. The zero-order valence-corrected chi connectivity index (χ0v) is 12.6. The Morgan fingerprint density at radius 3 is 2.82 bits per heavy atom. The third kappa shape index (κ3) is 3.49. The lowest BCUT2D eigenvalue weighted by molar-refractivity contribution is 0.267. The lowest BCUT2D eigenvalue weighted by Crippen LogP contribution is -2.08. The number of pyridine rings is 2. The molecule has 3 aromatic rings. The molecule has 0 bridgehead atoms. The molecule has 6 nitrogen and oxygen atoms in total. The lowest BCUT2D eigenvalue weighted by Gasteiger charge is -2.03. The van der Waals surface area contributed by atoms with Crippen LogP contribution in [0.2, 0.25) is 0 Å². The molecule has 3 heterocycles. The number of aliphatic hydroxyl groups is 1. The first-order chi connectivity index (χ1) is 10.9. The van der Waals surface area contributed by atoms with Gasteiger partial charge in [0.2, 0.25) is 0 Å². The van der Waals surface area contributed by atoms with Gasteiger partial charge in [0, 0.05) is 24.2 Å². The molecule has 3 rings (SSSR count). The Bertz CT molecular complexity index is 717. The van der Waals surface area contributed by atoms with Crippen molar-refractivity contribution in [1.82, 2.24) is 24.7 Å². The zero-order valence-electron chi connectivity index (χ0n) is 11.8. The highest BCUT2D eigenvalue weighted by Gasteiger charge is 2.12. The van der Waals surface area contributed by atoms with Crippen molar-refractivity contribution < 1.29 is 5.11 Å². The van der Waals surface area contributed by atoms with Crippen molar-refractivity contribution in [3.63, 3.8) is 0 Å². The first kappa shape index (κ1) is 14.7. The standard InChI is InChI=1S/C15H15N5OS/c21-9-8-20-13(11-22-14-5-1-2-7-17-14)18-15(19-20)12-4-3-6-16-10-12/h1-7,10,21H,8-9,11H2. The monoisotopic (exact) mass is 313 g/mol. The van der Waals surface area contributed by atoms with Crippen LogP contribution >= 0.6 is 11.8 Å². The van der Waals surface area contributed by atoms with E-state index in [4.69, 9.17) is 0 Å². The fourth-order valence-electron chi connectivity index (χ4n) is 1.94. The van der Waals surface area contributed by atoms with Gasteiger partial charge in [-0.05, 0) is 24.3 Å². The van der Waals surface area contributed by atoms with Crippen molar-refractivity contribution in [3.05, 3.63) is 54.7 Å². The van der Waals surface area contributed by atoms with E-state index in [1.807, 2.05) is 30.3 Å². The van der Waals surface area contributed by atoms with E-state index in [9.17, 15) is 5.11 Å². The van der Waals surface area contributed by atoms with Gasteiger partial charge in [0.1, 0.15) is 5.82 Å². The predicted molar refractivity (Wildman–Crippen MR) is 84.1 cm³/mol. The molecular formula is C15H15N5OS. The van der Waals surface area contributed by atoms with Crippen molar-refractivity contribution >= 4 is 11.8 Å². The maximum atomic E-state index is 9.19. The first-order valence-electron chi connectivity index (χ1n) is 6.85. The molecular weight excluding hydrogens is 298 g/mol. The van der Waals surface area contributed by atoms with Gasteiger partial charge in [0.15, 0.2) is 5.82 Å². The molecule has 0 aromatic carbocycles. The second-order valence-electron chi connectivity index (χ2n) is 4.50. The van der Waals surface area contributed by atoms with Gasteiger partial charge < -0.3 is 5.11 Å². The number of aliphatic hydroxyl groups excluding tert-OH is 1. The van der Waals surface area contributed by atoms with Gasteiger partial charge in [-0.15, -0.1) is 0 Å². The maximum absolute atomic E-state index is 9.19. The van der Waals surface area contributed by atoms with Crippen molar-refractivity contribution in [2.24, 2.45) is 0 Å². The van der Waals surface area contributed by atoms with E-state index < -0.39 is 0 Å². The Hall–Kier alpha value is -2.25. The van der Waals surface area contributed by atoms with Crippen molar-refractivity contribution in [3.8, 4) is 11.4 Å². The minimum atomic E-state index is 0.0249. The Balaban J connectivity index is 1.81. The molecule has 1 N–H and O–H groups in total. The Morgan fingerprint density at radius 2 is 2.09 bits per heavy atom. The second kappa shape index (κ2) is 7.15. The summed E-state index contributed by atoms with van der Waals surface area (Å²) in [7, 11) is 0. The van der Waals surface area contributed by atoms with E-state index in [0.29, 0.717) is 18.1 Å². The predicted octanol–water partition coefficient (Wildman–Crippen LogP) is 2.02. The minimum Gasteiger partial charge on any atom is -0.394 e. The lowest BCUT2D eigenvalue weighted by atomic mass is 10.3. The summed E-state index contributed by atoms with van der Waals surface area (Å²) in [5.74, 6) is 2.08. The highest BCUT2D eigenvalue weighted by Crippen LogP contribution is 2.21. The zero-order chi connectivity index (χ0) is 15.2. The summed E-state index contributed by atoms with van der Waals surface area (Å²) in [6, 6.07) is 9.57. The molecule has 0 aliphatic carbocycles. The van der Waals surface area contributed by atoms with Gasteiger partial charge in [0.05, 0.1) is 23.9 Å². The van der Waals surface area contributed by atoms with Gasteiger partial charge in [-0.2, -0.15) is 5.10 Å². The number of aromatic nitrogens is 5. The number of hydrogen-bond donors (Lipinski definition) is 1. The summed E-state index contributed by atoms with van der Waals surface area (Å²) in [4.78, 5) is 12.9. The van der Waals surface area contributed by atoms with E-state index in [-0.39, 0.29) is 6.61 Å². The molecule has 3 aromatic heterocycles. The van der Waals surface area contributed by atoms with Crippen LogP contribution in [0.4, 0.5) is 0 Å². The minimum absolute atomic E-state index is 0.0249. The fraction of sp³-hybridized carbons (Fsp3) is 0.200. The smallest absolute Gasteiger partial charge is 0.182 e. The second-order valence-corrected chi connectivity index (χ2v) is 5.49. The highest BCUT2D eigenvalue weighted by atomic mass is 32.2. The van der Waals surface area contributed by atoms with Gasteiger partial charge in [0.25, 0.3) is 0 Å². The van der Waals surface area contributed by atoms with Crippen LogP contribution in [0, 0.1) is 0 Å². The molecule has 0 unspecified atom stereocenters. The number of thioether (sulfide) groups is 1. The third-order valence-corrected chi connectivity index (χ3v) is 3.91. The van der Waals surface area contributed by atoms with E-state index in [1.165, 1.54) is 0 Å². The first-order valence-corrected chi connectivity index (χ1v) is 7.84. The molecule has 112 valence electrons. The quantitative estimate of drug-likeness (QED) is 0.702. The van der Waals surface area contributed by atoms with Crippen molar-refractivity contribution in [2.45, 2.75) is 17.3 Å². The van der Waals surface area contributed by atoms with Crippen LogP contribution in [-0.2, 0) is 12.3 Å². The number of nitrogens with zero attached hydrogens (tertiary/aromatic N) is 5. The Kier molecular flexibility index (Phi) is 4.77. The molecule has 0 spiro atoms. The summed E-state index contributed by atoms with van der Waals surface area (Å²) in [6.45, 7) is 0.447. The summed E-state index contributed by atoms with van der Waals surface area (Å²) in [5.41, 5.74) is 0.864. The van der Waals surface area contributed by atoms with Gasteiger partial charge in [-0.25, -0.2) is 14.6 Å². The van der Waals surface area contributed by atoms with E-state index >= 15 is 0 Å². The SMILES string of the molecule is OCCn1nc(-c2cccnc2)nc1CSc1ccccn1. The molecule has 0 aliphatic heterocycles.